The second-order valence-electron chi connectivity index (χ2n) is 6.72. The molecule has 0 amide bonds. The third-order valence-electron chi connectivity index (χ3n) is 4.91. The molecule has 0 aliphatic heterocycles. The van der Waals surface area contributed by atoms with Gasteiger partial charge >= 0.3 is 0 Å². The van der Waals surface area contributed by atoms with Crippen molar-refractivity contribution in [2.24, 2.45) is 11.8 Å². The van der Waals surface area contributed by atoms with Crippen LogP contribution in [0.5, 0.6) is 0 Å². The zero-order chi connectivity index (χ0) is 15.0. The Labute approximate surface area is 126 Å². The van der Waals surface area contributed by atoms with E-state index in [2.05, 4.69) is 37.9 Å². The standard InChI is InChI=1S/C17H36N2O/c1-5-9-18-17-8-7-15(6-2)12-16(17)13-19(10-11-20)14(3)4/h14-18,20H,5-13H2,1-4H3. The van der Waals surface area contributed by atoms with Gasteiger partial charge < -0.3 is 10.4 Å². The smallest absolute Gasteiger partial charge is 0.0558 e. The maximum Gasteiger partial charge on any atom is 0.0558 e. The van der Waals surface area contributed by atoms with Crippen LogP contribution in [0.1, 0.15) is 59.8 Å². The minimum atomic E-state index is 0.273. The highest BCUT2D eigenvalue weighted by Crippen LogP contribution is 2.32. The summed E-state index contributed by atoms with van der Waals surface area (Å²) in [6, 6.07) is 1.20. The van der Waals surface area contributed by atoms with Crippen LogP contribution in [-0.4, -0.2) is 48.3 Å². The van der Waals surface area contributed by atoms with Gasteiger partial charge in [0.05, 0.1) is 6.61 Å². The molecule has 0 saturated heterocycles. The van der Waals surface area contributed by atoms with E-state index in [1.54, 1.807) is 0 Å². The fraction of sp³-hybridized carbons (Fsp3) is 1.00. The summed E-state index contributed by atoms with van der Waals surface area (Å²) < 4.78 is 0. The Kier molecular flexibility index (Phi) is 8.74. The molecule has 1 fully saturated rings. The molecule has 0 radical (unpaired) electrons. The van der Waals surface area contributed by atoms with Crippen LogP contribution in [0, 0.1) is 11.8 Å². The van der Waals surface area contributed by atoms with Crippen LogP contribution in [0.4, 0.5) is 0 Å². The van der Waals surface area contributed by atoms with Gasteiger partial charge in [0, 0.05) is 25.2 Å². The van der Waals surface area contributed by atoms with Crippen LogP contribution in [-0.2, 0) is 0 Å². The van der Waals surface area contributed by atoms with Crippen LogP contribution in [0.15, 0.2) is 0 Å². The van der Waals surface area contributed by atoms with Gasteiger partial charge in [-0.05, 0) is 57.9 Å². The average molecular weight is 284 g/mol. The van der Waals surface area contributed by atoms with E-state index in [1.165, 1.54) is 32.1 Å². The summed E-state index contributed by atoms with van der Waals surface area (Å²) in [5.41, 5.74) is 0. The first kappa shape index (κ1) is 17.9. The van der Waals surface area contributed by atoms with Crippen LogP contribution >= 0.6 is 0 Å². The van der Waals surface area contributed by atoms with E-state index in [0.29, 0.717) is 12.1 Å². The molecular formula is C17H36N2O. The minimum Gasteiger partial charge on any atom is -0.395 e. The van der Waals surface area contributed by atoms with Gasteiger partial charge in [-0.2, -0.15) is 0 Å². The average Bonchev–Trinajstić information content (AvgIpc) is 2.45. The lowest BCUT2D eigenvalue weighted by molar-refractivity contribution is 0.101. The van der Waals surface area contributed by atoms with Crippen LogP contribution in [0.25, 0.3) is 0 Å². The van der Waals surface area contributed by atoms with E-state index in [-0.39, 0.29) is 6.61 Å². The Balaban J connectivity index is 2.61. The summed E-state index contributed by atoms with van der Waals surface area (Å²) >= 11 is 0. The Morgan fingerprint density at radius 2 is 2.00 bits per heavy atom. The van der Waals surface area contributed by atoms with E-state index in [9.17, 15) is 5.11 Å². The monoisotopic (exact) mass is 284 g/mol. The lowest BCUT2D eigenvalue weighted by Gasteiger charge is -2.40. The van der Waals surface area contributed by atoms with E-state index in [1.807, 2.05) is 0 Å². The zero-order valence-electron chi connectivity index (χ0n) is 14.1. The molecule has 3 unspecified atom stereocenters. The number of rotatable bonds is 9. The second-order valence-corrected chi connectivity index (χ2v) is 6.72. The first-order chi connectivity index (χ1) is 9.62. The van der Waals surface area contributed by atoms with Gasteiger partial charge in [-0.3, -0.25) is 4.90 Å². The van der Waals surface area contributed by atoms with Crippen LogP contribution < -0.4 is 5.32 Å². The molecule has 20 heavy (non-hydrogen) atoms. The first-order valence-corrected chi connectivity index (χ1v) is 8.70. The highest BCUT2D eigenvalue weighted by atomic mass is 16.3. The normalized spacial score (nSPS) is 27.4. The molecule has 1 aliphatic carbocycles. The van der Waals surface area contributed by atoms with Crippen molar-refractivity contribution < 1.29 is 5.11 Å². The van der Waals surface area contributed by atoms with Crippen molar-refractivity contribution in [1.82, 2.24) is 10.2 Å². The molecule has 2 N–H and O–H groups in total. The maximum atomic E-state index is 9.26. The van der Waals surface area contributed by atoms with E-state index >= 15 is 0 Å². The lowest BCUT2D eigenvalue weighted by atomic mass is 9.76. The Morgan fingerprint density at radius 3 is 2.55 bits per heavy atom. The summed E-state index contributed by atoms with van der Waals surface area (Å²) in [6.45, 7) is 12.4. The number of aliphatic hydroxyl groups is 1. The van der Waals surface area contributed by atoms with Crippen LogP contribution in [0.2, 0.25) is 0 Å². The number of hydrogen-bond donors (Lipinski definition) is 2. The number of nitrogens with zero attached hydrogens (tertiary/aromatic N) is 1. The molecule has 0 heterocycles. The Hall–Kier alpha value is -0.120. The van der Waals surface area contributed by atoms with Gasteiger partial charge in [-0.1, -0.05) is 20.3 Å². The SMILES string of the molecule is CCCNC1CCC(CC)CC1CN(CCO)C(C)C. The second kappa shape index (κ2) is 9.75. The lowest BCUT2D eigenvalue weighted by Crippen LogP contribution is -2.48. The molecule has 3 nitrogen and oxygen atoms in total. The van der Waals surface area contributed by atoms with E-state index in [4.69, 9.17) is 0 Å². The highest BCUT2D eigenvalue weighted by molar-refractivity contribution is 4.87. The quantitative estimate of drug-likeness (QED) is 0.683. The third-order valence-corrected chi connectivity index (χ3v) is 4.91. The molecule has 0 spiro atoms. The fourth-order valence-electron chi connectivity index (χ4n) is 3.52. The molecule has 3 heteroatoms. The zero-order valence-corrected chi connectivity index (χ0v) is 14.1. The maximum absolute atomic E-state index is 9.26. The van der Waals surface area contributed by atoms with Gasteiger partial charge in [0.2, 0.25) is 0 Å². The van der Waals surface area contributed by atoms with Gasteiger partial charge in [-0.15, -0.1) is 0 Å². The van der Waals surface area contributed by atoms with E-state index in [0.717, 1.165) is 31.5 Å². The predicted molar refractivity (Wildman–Crippen MR) is 87.0 cm³/mol. The van der Waals surface area contributed by atoms with Gasteiger partial charge in [0.15, 0.2) is 0 Å². The first-order valence-electron chi connectivity index (χ1n) is 8.70. The fourth-order valence-corrected chi connectivity index (χ4v) is 3.52. The van der Waals surface area contributed by atoms with Crippen molar-refractivity contribution in [3.63, 3.8) is 0 Å². The van der Waals surface area contributed by atoms with Crippen molar-refractivity contribution >= 4 is 0 Å². The number of hydrogen-bond acceptors (Lipinski definition) is 3. The molecule has 0 aromatic rings. The summed E-state index contributed by atoms with van der Waals surface area (Å²) in [4.78, 5) is 2.45. The highest BCUT2D eigenvalue weighted by Gasteiger charge is 2.30. The van der Waals surface area contributed by atoms with Gasteiger partial charge in [0.1, 0.15) is 0 Å². The molecule has 0 bridgehead atoms. The van der Waals surface area contributed by atoms with Gasteiger partial charge in [0.25, 0.3) is 0 Å². The van der Waals surface area contributed by atoms with Crippen molar-refractivity contribution in [2.45, 2.75) is 71.9 Å². The van der Waals surface area contributed by atoms with Gasteiger partial charge in [-0.25, -0.2) is 0 Å². The molecule has 1 aliphatic rings. The Bertz CT molecular complexity index is 245. The summed E-state index contributed by atoms with van der Waals surface area (Å²) in [5.74, 6) is 1.65. The Morgan fingerprint density at radius 1 is 1.25 bits per heavy atom. The number of aliphatic hydroxyl groups excluding tert-OH is 1. The summed E-state index contributed by atoms with van der Waals surface area (Å²) in [5, 5.41) is 13.0. The van der Waals surface area contributed by atoms with Crippen molar-refractivity contribution in [1.29, 1.82) is 0 Å². The predicted octanol–water partition coefficient (Wildman–Crippen LogP) is 2.88. The molecule has 1 rings (SSSR count). The van der Waals surface area contributed by atoms with E-state index < -0.39 is 0 Å². The minimum absolute atomic E-state index is 0.273. The third kappa shape index (κ3) is 5.71. The molecule has 120 valence electrons. The molecule has 0 aromatic heterocycles. The topological polar surface area (TPSA) is 35.5 Å². The summed E-state index contributed by atoms with van der Waals surface area (Å²) in [7, 11) is 0. The van der Waals surface area contributed by atoms with Crippen molar-refractivity contribution in [3.8, 4) is 0 Å². The molecular weight excluding hydrogens is 248 g/mol. The molecule has 1 saturated carbocycles. The molecule has 3 atom stereocenters. The van der Waals surface area contributed by atoms with Crippen molar-refractivity contribution in [3.05, 3.63) is 0 Å². The van der Waals surface area contributed by atoms with Crippen molar-refractivity contribution in [2.75, 3.05) is 26.2 Å². The molecule has 0 aromatic carbocycles. The summed E-state index contributed by atoms with van der Waals surface area (Å²) in [6.07, 6.45) is 6.60. The largest absolute Gasteiger partial charge is 0.395 e. The van der Waals surface area contributed by atoms with Crippen LogP contribution in [0.3, 0.4) is 0 Å². The number of nitrogens with one attached hydrogen (secondary N) is 1.